The molecule has 2 aliphatic rings. The zero-order chi connectivity index (χ0) is 18.6. The van der Waals surface area contributed by atoms with Gasteiger partial charge in [-0.1, -0.05) is 35.9 Å². The van der Waals surface area contributed by atoms with Crippen molar-refractivity contribution < 1.29 is 4.79 Å². The lowest BCUT2D eigenvalue weighted by Crippen LogP contribution is -2.47. The van der Waals surface area contributed by atoms with E-state index in [1.54, 1.807) is 0 Å². The van der Waals surface area contributed by atoms with Gasteiger partial charge in [0.05, 0.1) is 10.7 Å². The Bertz CT molecular complexity index is 784. The molecule has 4 nitrogen and oxygen atoms in total. The Balaban J connectivity index is 1.26. The van der Waals surface area contributed by atoms with E-state index in [1.165, 1.54) is 5.56 Å². The molecule has 0 atom stereocenters. The largest absolute Gasteiger partial charge is 0.368 e. The summed E-state index contributed by atoms with van der Waals surface area (Å²) in [7, 11) is 0. The first-order valence-corrected chi connectivity index (χ1v) is 10.2. The number of hydrogen-bond acceptors (Lipinski definition) is 3. The summed E-state index contributed by atoms with van der Waals surface area (Å²) in [5.74, 6) is 0.249. The molecule has 2 aromatic rings. The van der Waals surface area contributed by atoms with Gasteiger partial charge in [-0.3, -0.25) is 9.69 Å². The molecule has 0 bridgehead atoms. The molecule has 0 unspecified atom stereocenters. The number of rotatable bonds is 5. The molecule has 4 rings (SSSR count). The second-order valence-electron chi connectivity index (χ2n) is 7.35. The maximum absolute atomic E-state index is 11.8. The van der Waals surface area contributed by atoms with Crippen molar-refractivity contribution in [1.29, 1.82) is 0 Å². The molecule has 5 heteroatoms. The van der Waals surface area contributed by atoms with Crippen LogP contribution in [0.2, 0.25) is 5.02 Å². The topological polar surface area (TPSA) is 26.8 Å². The molecule has 0 spiro atoms. The van der Waals surface area contributed by atoms with E-state index in [4.69, 9.17) is 11.6 Å². The second-order valence-corrected chi connectivity index (χ2v) is 7.75. The third-order valence-electron chi connectivity index (χ3n) is 5.60. The number of piperazine rings is 1. The molecule has 2 saturated heterocycles. The Morgan fingerprint density at radius 3 is 2.30 bits per heavy atom. The van der Waals surface area contributed by atoms with Gasteiger partial charge in [-0.2, -0.15) is 0 Å². The highest BCUT2D eigenvalue weighted by atomic mass is 35.5. The Morgan fingerprint density at radius 2 is 1.63 bits per heavy atom. The van der Waals surface area contributed by atoms with Gasteiger partial charge in [0.25, 0.3) is 0 Å². The fourth-order valence-corrected chi connectivity index (χ4v) is 4.23. The highest BCUT2D eigenvalue weighted by molar-refractivity contribution is 6.33. The van der Waals surface area contributed by atoms with Gasteiger partial charge in [-0.15, -0.1) is 0 Å². The van der Waals surface area contributed by atoms with Gasteiger partial charge in [-0.25, -0.2) is 0 Å². The third-order valence-corrected chi connectivity index (χ3v) is 5.92. The lowest BCUT2D eigenvalue weighted by Gasteiger charge is -2.36. The molecular formula is C22H26ClN3O. The van der Waals surface area contributed by atoms with E-state index in [-0.39, 0.29) is 5.91 Å². The molecular weight excluding hydrogens is 358 g/mol. The van der Waals surface area contributed by atoms with E-state index < -0.39 is 0 Å². The van der Waals surface area contributed by atoms with Crippen LogP contribution in [-0.2, 0) is 11.2 Å². The highest BCUT2D eigenvalue weighted by Crippen LogP contribution is 2.26. The summed E-state index contributed by atoms with van der Waals surface area (Å²) in [5.41, 5.74) is 3.51. The van der Waals surface area contributed by atoms with Crippen LogP contribution < -0.4 is 9.80 Å². The minimum Gasteiger partial charge on any atom is -0.368 e. The number of nitrogens with zero attached hydrogens (tertiary/aromatic N) is 3. The van der Waals surface area contributed by atoms with Crippen molar-refractivity contribution in [3.63, 3.8) is 0 Å². The number of para-hydroxylation sites is 1. The van der Waals surface area contributed by atoms with Crippen molar-refractivity contribution in [2.24, 2.45) is 0 Å². The molecule has 0 saturated carbocycles. The first kappa shape index (κ1) is 18.3. The van der Waals surface area contributed by atoms with E-state index in [2.05, 4.69) is 40.1 Å². The second kappa shape index (κ2) is 8.32. The predicted octanol–water partition coefficient (Wildman–Crippen LogP) is 3.83. The zero-order valence-electron chi connectivity index (χ0n) is 15.6. The van der Waals surface area contributed by atoms with Crippen molar-refractivity contribution in [2.75, 3.05) is 49.1 Å². The molecule has 1 amide bonds. The average Bonchev–Trinajstić information content (AvgIpc) is 3.14. The molecule has 2 heterocycles. The first-order valence-electron chi connectivity index (χ1n) is 9.82. The summed E-state index contributed by atoms with van der Waals surface area (Å²) in [4.78, 5) is 18.6. The zero-order valence-corrected chi connectivity index (χ0v) is 16.4. The third kappa shape index (κ3) is 4.28. The quantitative estimate of drug-likeness (QED) is 0.785. The molecule has 0 aromatic heterocycles. The van der Waals surface area contributed by atoms with Crippen LogP contribution in [0.5, 0.6) is 0 Å². The smallest absolute Gasteiger partial charge is 0.227 e. The highest BCUT2D eigenvalue weighted by Gasteiger charge is 2.21. The van der Waals surface area contributed by atoms with Crippen molar-refractivity contribution in [2.45, 2.75) is 19.3 Å². The van der Waals surface area contributed by atoms with Crippen molar-refractivity contribution in [3.8, 4) is 0 Å². The van der Waals surface area contributed by atoms with Gasteiger partial charge < -0.3 is 9.80 Å². The van der Waals surface area contributed by atoms with Crippen LogP contribution in [0.3, 0.4) is 0 Å². The predicted molar refractivity (Wildman–Crippen MR) is 112 cm³/mol. The fraction of sp³-hybridized carbons (Fsp3) is 0.409. The number of amides is 1. The Kier molecular flexibility index (Phi) is 5.65. The number of carbonyl (C=O) groups is 1. The van der Waals surface area contributed by atoms with Crippen molar-refractivity contribution >= 4 is 28.9 Å². The van der Waals surface area contributed by atoms with Gasteiger partial charge >= 0.3 is 0 Å². The van der Waals surface area contributed by atoms with Gasteiger partial charge in [-0.05, 0) is 42.7 Å². The van der Waals surface area contributed by atoms with E-state index in [0.717, 1.165) is 68.5 Å². The molecule has 2 fully saturated rings. The number of benzene rings is 2. The summed E-state index contributed by atoms with van der Waals surface area (Å²) in [6.45, 7) is 6.07. The normalized spacial score (nSPS) is 18.3. The molecule has 2 aliphatic heterocycles. The van der Waals surface area contributed by atoms with Gasteiger partial charge in [0.1, 0.15) is 0 Å². The maximum Gasteiger partial charge on any atom is 0.227 e. The van der Waals surface area contributed by atoms with Gasteiger partial charge in [0.2, 0.25) is 5.91 Å². The standard InChI is InChI=1S/C22H26ClN3O/c23-20-4-1-2-5-21(20)25-16-14-24(15-17-25)13-11-18-7-9-19(10-8-18)26-12-3-6-22(26)27/h1-2,4-5,7-10H,3,6,11-17H2. The fourth-order valence-electron chi connectivity index (χ4n) is 3.97. The van der Waals surface area contributed by atoms with Crippen LogP contribution in [0, 0.1) is 0 Å². The molecule has 0 N–H and O–H groups in total. The van der Waals surface area contributed by atoms with Gasteiger partial charge in [0, 0.05) is 51.4 Å². The van der Waals surface area contributed by atoms with Crippen LogP contribution in [-0.4, -0.2) is 50.1 Å². The number of hydrogen-bond donors (Lipinski definition) is 0. The Morgan fingerprint density at radius 1 is 0.889 bits per heavy atom. The summed E-state index contributed by atoms with van der Waals surface area (Å²) < 4.78 is 0. The molecule has 27 heavy (non-hydrogen) atoms. The Labute approximate surface area is 166 Å². The lowest BCUT2D eigenvalue weighted by atomic mass is 10.1. The van der Waals surface area contributed by atoms with Gasteiger partial charge in [0.15, 0.2) is 0 Å². The SMILES string of the molecule is O=C1CCCN1c1ccc(CCN2CCN(c3ccccc3Cl)CC2)cc1. The van der Waals surface area contributed by atoms with Crippen LogP contribution in [0.4, 0.5) is 11.4 Å². The minimum absolute atomic E-state index is 0.249. The molecule has 0 aliphatic carbocycles. The number of anilines is 2. The van der Waals surface area contributed by atoms with E-state index in [1.807, 2.05) is 23.1 Å². The first-order chi connectivity index (χ1) is 13.2. The molecule has 0 radical (unpaired) electrons. The molecule has 142 valence electrons. The Hall–Kier alpha value is -2.04. The summed E-state index contributed by atoms with van der Waals surface area (Å²) in [5, 5.41) is 0.836. The van der Waals surface area contributed by atoms with Crippen LogP contribution >= 0.6 is 11.6 Å². The van der Waals surface area contributed by atoms with Crippen molar-refractivity contribution in [1.82, 2.24) is 4.90 Å². The summed E-state index contributed by atoms with van der Waals surface area (Å²) >= 11 is 6.32. The van der Waals surface area contributed by atoms with Crippen molar-refractivity contribution in [3.05, 3.63) is 59.1 Å². The van der Waals surface area contributed by atoms with E-state index in [0.29, 0.717) is 6.42 Å². The maximum atomic E-state index is 11.8. The molecule has 2 aromatic carbocycles. The number of halogens is 1. The average molecular weight is 384 g/mol. The van der Waals surface area contributed by atoms with E-state index >= 15 is 0 Å². The monoisotopic (exact) mass is 383 g/mol. The summed E-state index contributed by atoms with van der Waals surface area (Å²) in [6.07, 6.45) is 2.70. The minimum atomic E-state index is 0.249. The van der Waals surface area contributed by atoms with Crippen LogP contribution in [0.15, 0.2) is 48.5 Å². The summed E-state index contributed by atoms with van der Waals surface area (Å²) in [6, 6.07) is 16.6. The van der Waals surface area contributed by atoms with E-state index in [9.17, 15) is 4.79 Å². The van der Waals surface area contributed by atoms with Crippen LogP contribution in [0.25, 0.3) is 0 Å². The number of carbonyl (C=O) groups excluding carboxylic acids is 1. The van der Waals surface area contributed by atoms with Crippen LogP contribution in [0.1, 0.15) is 18.4 Å². The lowest BCUT2D eigenvalue weighted by molar-refractivity contribution is -0.117.